The van der Waals surface area contributed by atoms with E-state index in [-0.39, 0.29) is 12.3 Å². The molecule has 13 heteroatoms. The van der Waals surface area contributed by atoms with E-state index < -0.39 is 30.3 Å². The number of esters is 1. The quantitative estimate of drug-likeness (QED) is 0.490. The number of alkyl carbamates (subject to hydrolysis) is 1. The third kappa shape index (κ3) is 6.58. The number of hydrogen-bond acceptors (Lipinski definition) is 12. The zero-order valence-corrected chi connectivity index (χ0v) is 19.5. The van der Waals surface area contributed by atoms with Crippen LogP contribution in [0.5, 0.6) is 0 Å². The average Bonchev–Trinajstić information content (AvgIpc) is 3.49. The van der Waals surface area contributed by atoms with Crippen molar-refractivity contribution in [3.63, 3.8) is 0 Å². The van der Waals surface area contributed by atoms with Crippen molar-refractivity contribution in [1.82, 2.24) is 20.3 Å². The predicted molar refractivity (Wildman–Crippen MR) is 117 cm³/mol. The van der Waals surface area contributed by atoms with Crippen LogP contribution in [0.2, 0.25) is 0 Å². The molecule has 0 radical (unpaired) electrons. The van der Waals surface area contributed by atoms with E-state index in [1.54, 1.807) is 37.6 Å². The van der Waals surface area contributed by atoms with Crippen molar-refractivity contribution in [3.8, 4) is 34.4 Å². The van der Waals surface area contributed by atoms with Crippen molar-refractivity contribution in [1.29, 1.82) is 10.5 Å². The smallest absolute Gasteiger partial charge is 0.408 e. The molecule has 1 atom stereocenters. The van der Waals surface area contributed by atoms with E-state index in [4.69, 9.17) is 24.4 Å². The molecular weight excluding hydrogens is 468 g/mol. The van der Waals surface area contributed by atoms with Crippen LogP contribution in [0.4, 0.5) is 4.79 Å². The van der Waals surface area contributed by atoms with E-state index in [0.29, 0.717) is 27.1 Å². The highest BCUT2D eigenvalue weighted by atomic mass is 32.1. The highest BCUT2D eigenvalue weighted by Crippen LogP contribution is 2.28. The van der Waals surface area contributed by atoms with Crippen LogP contribution >= 0.6 is 22.7 Å². The van der Waals surface area contributed by atoms with Gasteiger partial charge in [0.2, 0.25) is 5.89 Å². The van der Waals surface area contributed by atoms with Gasteiger partial charge >= 0.3 is 12.1 Å². The Balaban J connectivity index is 1.73. The molecule has 0 spiro atoms. The van der Waals surface area contributed by atoms with Gasteiger partial charge in [-0.15, -0.1) is 22.7 Å². The Morgan fingerprint density at radius 3 is 2.64 bits per heavy atom. The molecule has 0 unspecified atom stereocenters. The lowest BCUT2D eigenvalue weighted by atomic mass is 10.2. The van der Waals surface area contributed by atoms with Gasteiger partial charge in [0, 0.05) is 17.2 Å². The van der Waals surface area contributed by atoms with Gasteiger partial charge in [-0.2, -0.15) is 10.5 Å². The molecule has 33 heavy (non-hydrogen) atoms. The number of oxazole rings is 1. The minimum absolute atomic E-state index is 0.0136. The normalized spacial score (nSPS) is 11.8. The molecule has 0 fully saturated rings. The molecule has 0 aromatic carbocycles. The average molecular weight is 487 g/mol. The van der Waals surface area contributed by atoms with Gasteiger partial charge in [-0.25, -0.2) is 24.5 Å². The third-order valence-corrected chi connectivity index (χ3v) is 5.48. The summed E-state index contributed by atoms with van der Waals surface area (Å²) in [6, 6.07) is 2.57. The number of aromatic nitrogens is 3. The van der Waals surface area contributed by atoms with Crippen LogP contribution in [0.3, 0.4) is 0 Å². The summed E-state index contributed by atoms with van der Waals surface area (Å²) in [6.45, 7) is 4.64. The van der Waals surface area contributed by atoms with Gasteiger partial charge in [-0.1, -0.05) is 0 Å². The molecule has 1 N–H and O–H groups in total. The molecule has 0 aliphatic rings. The minimum Gasteiger partial charge on any atom is -0.449 e. The van der Waals surface area contributed by atoms with Gasteiger partial charge in [0.15, 0.2) is 12.3 Å². The second-order valence-corrected chi connectivity index (χ2v) is 9.28. The van der Waals surface area contributed by atoms with Gasteiger partial charge in [-0.05, 0) is 20.8 Å². The number of nitrogens with one attached hydrogen (secondary N) is 1. The number of ether oxygens (including phenoxy) is 2. The molecule has 3 heterocycles. The molecule has 0 bridgehead atoms. The fourth-order valence-corrected chi connectivity index (χ4v) is 3.97. The van der Waals surface area contributed by atoms with Crippen LogP contribution in [0, 0.1) is 22.7 Å². The van der Waals surface area contributed by atoms with E-state index in [1.807, 2.05) is 6.07 Å². The van der Waals surface area contributed by atoms with Gasteiger partial charge in [0.05, 0.1) is 5.01 Å². The zero-order chi connectivity index (χ0) is 24.0. The second-order valence-electron chi connectivity index (χ2n) is 7.48. The Morgan fingerprint density at radius 2 is 1.97 bits per heavy atom. The molecule has 3 aromatic rings. The monoisotopic (exact) mass is 486 g/mol. The summed E-state index contributed by atoms with van der Waals surface area (Å²) in [5.74, 6) is -0.542. The van der Waals surface area contributed by atoms with Crippen molar-refractivity contribution >= 4 is 34.7 Å². The molecule has 3 aromatic heterocycles. The Labute approximate surface area is 196 Å². The van der Waals surface area contributed by atoms with Gasteiger partial charge in [-0.3, -0.25) is 0 Å². The SMILES string of the molecule is CC(C)(C)OC(=O)N[C@@H](Cc1nc(-c2nc(-c3nc(C#N)cs3)co2)cs1)C(=O)OCC#N. The molecule has 1 amide bonds. The molecule has 0 aliphatic heterocycles. The highest BCUT2D eigenvalue weighted by Gasteiger charge is 2.27. The summed E-state index contributed by atoms with van der Waals surface area (Å²) in [5, 5.41) is 24.4. The first kappa shape index (κ1) is 23.8. The lowest BCUT2D eigenvalue weighted by molar-refractivity contribution is -0.144. The Kier molecular flexibility index (Phi) is 7.37. The number of nitrogens with zero attached hydrogens (tertiary/aromatic N) is 5. The van der Waals surface area contributed by atoms with Gasteiger partial charge < -0.3 is 19.2 Å². The molecule has 170 valence electrons. The van der Waals surface area contributed by atoms with Gasteiger partial charge in [0.25, 0.3) is 0 Å². The highest BCUT2D eigenvalue weighted by molar-refractivity contribution is 7.13. The predicted octanol–water partition coefficient (Wildman–Crippen LogP) is 3.30. The number of amides is 1. The van der Waals surface area contributed by atoms with Crippen molar-refractivity contribution in [2.75, 3.05) is 6.61 Å². The van der Waals surface area contributed by atoms with Crippen molar-refractivity contribution < 1.29 is 23.5 Å². The summed E-state index contributed by atoms with van der Waals surface area (Å²) in [6.07, 6.45) is 0.635. The Bertz CT molecular complexity index is 1230. The number of carbonyl (C=O) groups is 2. The summed E-state index contributed by atoms with van der Waals surface area (Å²) in [7, 11) is 0. The second kappa shape index (κ2) is 10.2. The van der Waals surface area contributed by atoms with Crippen LogP contribution in [0.15, 0.2) is 21.4 Å². The first-order chi connectivity index (χ1) is 15.7. The largest absolute Gasteiger partial charge is 0.449 e. The lowest BCUT2D eigenvalue weighted by Crippen LogP contribution is -2.45. The molecule has 0 saturated carbocycles. The maximum absolute atomic E-state index is 12.3. The maximum Gasteiger partial charge on any atom is 0.408 e. The third-order valence-electron chi connectivity index (χ3n) is 3.75. The topological polar surface area (TPSA) is 164 Å². The summed E-state index contributed by atoms with van der Waals surface area (Å²) < 4.78 is 15.5. The first-order valence-electron chi connectivity index (χ1n) is 9.48. The van der Waals surface area contributed by atoms with Crippen LogP contribution in [-0.4, -0.2) is 45.3 Å². The van der Waals surface area contributed by atoms with Crippen molar-refractivity contribution in [3.05, 3.63) is 27.7 Å². The van der Waals surface area contributed by atoms with Crippen molar-refractivity contribution in [2.45, 2.75) is 38.8 Å². The molecule has 0 aliphatic carbocycles. The van der Waals surface area contributed by atoms with E-state index in [2.05, 4.69) is 20.3 Å². The molecular formula is C20H18N6O5S2. The van der Waals surface area contributed by atoms with E-state index >= 15 is 0 Å². The lowest BCUT2D eigenvalue weighted by Gasteiger charge is -2.22. The first-order valence-corrected chi connectivity index (χ1v) is 11.2. The maximum atomic E-state index is 12.3. The molecule has 3 rings (SSSR count). The Hall–Kier alpha value is -3.81. The van der Waals surface area contributed by atoms with E-state index in [9.17, 15) is 9.59 Å². The van der Waals surface area contributed by atoms with Crippen LogP contribution < -0.4 is 5.32 Å². The Morgan fingerprint density at radius 1 is 1.18 bits per heavy atom. The van der Waals surface area contributed by atoms with Crippen LogP contribution in [0.1, 0.15) is 31.5 Å². The fraction of sp³-hybridized carbons (Fsp3) is 0.350. The standard InChI is InChI=1S/C20H18N6O5S2/c1-20(2,3)31-19(28)26-12(18(27)29-5-4-21)6-15-24-14(10-32-15)16-25-13(8-30-16)17-23-11(7-22)9-33-17/h8-10,12H,5-6H2,1-3H3,(H,26,28)/t12-/m0/s1. The number of rotatable bonds is 7. The molecule has 0 saturated heterocycles. The van der Waals surface area contributed by atoms with E-state index in [0.717, 1.165) is 0 Å². The minimum atomic E-state index is -1.10. The van der Waals surface area contributed by atoms with E-state index in [1.165, 1.54) is 28.9 Å². The summed E-state index contributed by atoms with van der Waals surface area (Å²) in [4.78, 5) is 37.4. The van der Waals surface area contributed by atoms with Crippen LogP contribution in [-0.2, 0) is 20.7 Å². The van der Waals surface area contributed by atoms with Crippen molar-refractivity contribution in [2.24, 2.45) is 0 Å². The molecule has 11 nitrogen and oxygen atoms in total. The number of nitriles is 2. The zero-order valence-electron chi connectivity index (χ0n) is 17.8. The summed E-state index contributed by atoms with van der Waals surface area (Å²) >= 11 is 2.50. The van der Waals surface area contributed by atoms with Gasteiger partial charge in [0.1, 0.15) is 46.4 Å². The number of hydrogen-bond donors (Lipinski definition) is 1. The summed E-state index contributed by atoms with van der Waals surface area (Å²) in [5.41, 5.74) is 0.436. The fourth-order valence-electron chi connectivity index (χ4n) is 2.46. The van der Waals surface area contributed by atoms with Crippen LogP contribution in [0.25, 0.3) is 22.3 Å². The number of thiazole rings is 2. The number of carbonyl (C=O) groups excluding carboxylic acids is 2.